The zero-order chi connectivity index (χ0) is 20.6. The molecule has 0 spiro atoms. The first-order chi connectivity index (χ1) is 13.8. The lowest BCUT2D eigenvalue weighted by atomic mass is 9.88. The molecule has 1 amide bonds. The van der Waals surface area contributed by atoms with Crippen molar-refractivity contribution in [1.82, 2.24) is 14.9 Å². The highest BCUT2D eigenvalue weighted by atomic mass is 32.2. The first kappa shape index (κ1) is 20.2. The molecule has 1 aromatic heterocycles. The molecule has 4 nitrogen and oxygen atoms in total. The lowest BCUT2D eigenvalue weighted by Gasteiger charge is -2.33. The number of likely N-dealkylation sites (tertiary alicyclic amines) is 1. The molecule has 1 atom stereocenters. The Labute approximate surface area is 171 Å². The average molecular weight is 421 g/mol. The summed E-state index contributed by atoms with van der Waals surface area (Å²) >= 11 is 0.989. The van der Waals surface area contributed by atoms with Crippen molar-refractivity contribution >= 4 is 17.7 Å². The minimum absolute atomic E-state index is 0.00536. The van der Waals surface area contributed by atoms with Gasteiger partial charge < -0.3 is 4.90 Å². The van der Waals surface area contributed by atoms with Gasteiger partial charge in [-0.15, -0.1) is 0 Å². The highest BCUT2D eigenvalue weighted by Crippen LogP contribution is 2.40. The molecule has 2 heterocycles. The number of thioether (sulfide) groups is 1. The molecule has 0 bridgehead atoms. The van der Waals surface area contributed by atoms with Crippen LogP contribution in [0.4, 0.5) is 13.2 Å². The molecule has 8 heteroatoms. The van der Waals surface area contributed by atoms with Gasteiger partial charge in [-0.2, -0.15) is 13.2 Å². The standard InChI is InChI=1S/C21H22F3N3OS/c1-13-6-4-5-11-27(13)17(28)12-29-20-25-18-15-8-3-2-7-14(15)9-10-16(18)19(26-20)21(22,23)24/h2-3,7-8,13H,4-6,9-12H2,1H3/t13-/m1/s1. The first-order valence-corrected chi connectivity index (χ1v) is 10.8. The quantitative estimate of drug-likeness (QED) is 0.530. The minimum atomic E-state index is -4.56. The van der Waals surface area contributed by atoms with Gasteiger partial charge in [0.2, 0.25) is 5.91 Å². The van der Waals surface area contributed by atoms with Crippen LogP contribution in [0.25, 0.3) is 11.3 Å². The van der Waals surface area contributed by atoms with E-state index in [1.807, 2.05) is 24.0 Å². The predicted molar refractivity (Wildman–Crippen MR) is 106 cm³/mol. The monoisotopic (exact) mass is 421 g/mol. The summed E-state index contributed by atoms with van der Waals surface area (Å²) in [7, 11) is 0. The number of piperidine rings is 1. The number of aryl methyl sites for hydroxylation is 1. The van der Waals surface area contributed by atoms with Gasteiger partial charge in [-0.1, -0.05) is 36.0 Å². The van der Waals surface area contributed by atoms with E-state index >= 15 is 0 Å². The Balaban J connectivity index is 1.64. The molecule has 1 aromatic carbocycles. The number of carbonyl (C=O) groups is 1. The zero-order valence-corrected chi connectivity index (χ0v) is 16.9. The maximum atomic E-state index is 13.7. The molecular weight excluding hydrogens is 399 g/mol. The fraction of sp³-hybridized carbons (Fsp3) is 0.476. The van der Waals surface area contributed by atoms with Crippen LogP contribution in [0.2, 0.25) is 0 Å². The van der Waals surface area contributed by atoms with Gasteiger partial charge in [0.1, 0.15) is 0 Å². The van der Waals surface area contributed by atoms with E-state index < -0.39 is 11.9 Å². The lowest BCUT2D eigenvalue weighted by molar-refractivity contribution is -0.142. The van der Waals surface area contributed by atoms with Crippen molar-refractivity contribution in [1.29, 1.82) is 0 Å². The molecule has 1 saturated heterocycles. The fourth-order valence-corrected chi connectivity index (χ4v) is 4.86. The largest absolute Gasteiger partial charge is 0.433 e. The van der Waals surface area contributed by atoms with Crippen molar-refractivity contribution in [2.75, 3.05) is 12.3 Å². The number of benzene rings is 1. The molecule has 0 radical (unpaired) electrons. The number of hydrogen-bond donors (Lipinski definition) is 0. The summed E-state index contributed by atoms with van der Waals surface area (Å²) in [6.45, 7) is 2.71. The molecule has 1 aliphatic carbocycles. The maximum Gasteiger partial charge on any atom is 0.433 e. The van der Waals surface area contributed by atoms with E-state index in [0.717, 1.165) is 42.2 Å². The van der Waals surface area contributed by atoms with Crippen molar-refractivity contribution < 1.29 is 18.0 Å². The number of halogens is 3. The Bertz CT molecular complexity index is 932. The second-order valence-electron chi connectivity index (χ2n) is 7.56. The molecule has 2 aliphatic rings. The number of hydrogen-bond acceptors (Lipinski definition) is 4. The number of nitrogens with zero attached hydrogens (tertiary/aromatic N) is 3. The van der Waals surface area contributed by atoms with E-state index in [1.54, 1.807) is 12.1 Å². The van der Waals surface area contributed by atoms with E-state index in [1.165, 1.54) is 0 Å². The molecule has 29 heavy (non-hydrogen) atoms. The molecular formula is C21H22F3N3OS. The molecule has 4 rings (SSSR count). The lowest BCUT2D eigenvalue weighted by Crippen LogP contribution is -2.43. The van der Waals surface area contributed by atoms with Crippen molar-refractivity contribution in [3.05, 3.63) is 41.1 Å². The molecule has 0 N–H and O–H groups in total. The Kier molecular flexibility index (Phi) is 5.55. The van der Waals surface area contributed by atoms with Crippen molar-refractivity contribution in [2.45, 2.75) is 56.4 Å². The summed E-state index contributed by atoms with van der Waals surface area (Å²) in [6.07, 6.45) is -0.740. The minimum Gasteiger partial charge on any atom is -0.339 e. The second kappa shape index (κ2) is 7.97. The number of carbonyl (C=O) groups excluding carboxylic acids is 1. The van der Waals surface area contributed by atoms with Crippen molar-refractivity contribution in [2.24, 2.45) is 0 Å². The number of alkyl halides is 3. The van der Waals surface area contributed by atoms with Crippen LogP contribution < -0.4 is 0 Å². The van der Waals surface area contributed by atoms with Crippen LogP contribution in [0.15, 0.2) is 29.4 Å². The van der Waals surface area contributed by atoms with Gasteiger partial charge in [0, 0.05) is 23.7 Å². The van der Waals surface area contributed by atoms with E-state index in [0.29, 0.717) is 18.7 Å². The van der Waals surface area contributed by atoms with Crippen LogP contribution in [0.5, 0.6) is 0 Å². The first-order valence-electron chi connectivity index (χ1n) is 9.83. The van der Waals surface area contributed by atoms with E-state index in [2.05, 4.69) is 9.97 Å². The van der Waals surface area contributed by atoms with E-state index in [4.69, 9.17) is 0 Å². The van der Waals surface area contributed by atoms with Crippen molar-refractivity contribution in [3.8, 4) is 11.3 Å². The molecule has 154 valence electrons. The van der Waals surface area contributed by atoms with Gasteiger partial charge in [0.25, 0.3) is 0 Å². The third-order valence-corrected chi connectivity index (χ3v) is 6.45. The van der Waals surface area contributed by atoms with Gasteiger partial charge >= 0.3 is 6.18 Å². The van der Waals surface area contributed by atoms with Gasteiger partial charge in [-0.25, -0.2) is 9.97 Å². The van der Waals surface area contributed by atoms with Crippen LogP contribution in [-0.2, 0) is 23.8 Å². The summed E-state index contributed by atoms with van der Waals surface area (Å²) in [5.41, 5.74) is 1.32. The molecule has 1 aliphatic heterocycles. The van der Waals surface area contributed by atoms with E-state index in [9.17, 15) is 18.0 Å². The topological polar surface area (TPSA) is 46.1 Å². The van der Waals surface area contributed by atoms with Crippen LogP contribution in [0.3, 0.4) is 0 Å². The zero-order valence-electron chi connectivity index (χ0n) is 16.1. The normalized spacial score (nSPS) is 18.9. The van der Waals surface area contributed by atoms with Crippen molar-refractivity contribution in [3.63, 3.8) is 0 Å². The highest BCUT2D eigenvalue weighted by Gasteiger charge is 2.39. The summed E-state index contributed by atoms with van der Waals surface area (Å²) in [5.74, 6) is -0.0281. The molecule has 0 saturated carbocycles. The highest BCUT2D eigenvalue weighted by molar-refractivity contribution is 7.99. The van der Waals surface area contributed by atoms with Crippen LogP contribution in [0, 0.1) is 0 Å². The van der Waals surface area contributed by atoms with Crippen LogP contribution in [0.1, 0.15) is 43.0 Å². The Morgan fingerprint density at radius 1 is 1.21 bits per heavy atom. The summed E-state index contributed by atoms with van der Waals surface area (Å²) in [5, 5.41) is 0.00536. The predicted octanol–water partition coefficient (Wildman–Crippen LogP) is 4.75. The van der Waals surface area contributed by atoms with Gasteiger partial charge in [0.05, 0.1) is 11.4 Å². The SMILES string of the molecule is C[C@@H]1CCCCN1C(=O)CSc1nc2c(c(C(F)(F)F)n1)CCc1ccccc1-2. The van der Waals surface area contributed by atoms with E-state index in [-0.39, 0.29) is 34.8 Å². The van der Waals surface area contributed by atoms with Gasteiger partial charge in [-0.05, 0) is 44.6 Å². The van der Waals surface area contributed by atoms with Gasteiger partial charge in [-0.3, -0.25) is 4.79 Å². The molecule has 1 fully saturated rings. The Morgan fingerprint density at radius 3 is 2.76 bits per heavy atom. The second-order valence-corrected chi connectivity index (χ2v) is 8.50. The number of fused-ring (bicyclic) bond motifs is 3. The summed E-state index contributed by atoms with van der Waals surface area (Å²) < 4.78 is 41.1. The Hall–Kier alpha value is -2.09. The summed E-state index contributed by atoms with van der Waals surface area (Å²) in [6, 6.07) is 7.57. The van der Waals surface area contributed by atoms with Crippen LogP contribution >= 0.6 is 11.8 Å². The Morgan fingerprint density at radius 2 is 2.00 bits per heavy atom. The number of rotatable bonds is 3. The average Bonchev–Trinajstić information content (AvgIpc) is 2.71. The number of aromatic nitrogens is 2. The maximum absolute atomic E-state index is 13.7. The smallest absolute Gasteiger partial charge is 0.339 e. The van der Waals surface area contributed by atoms with Gasteiger partial charge in [0.15, 0.2) is 10.9 Å². The number of amides is 1. The summed E-state index contributed by atoms with van der Waals surface area (Å²) in [4.78, 5) is 22.7. The third-order valence-electron chi connectivity index (χ3n) is 5.62. The molecule has 2 aromatic rings. The molecule has 0 unspecified atom stereocenters. The van der Waals surface area contributed by atoms with Crippen LogP contribution in [-0.4, -0.2) is 39.1 Å². The fourth-order valence-electron chi connectivity index (χ4n) is 4.13. The third kappa shape index (κ3) is 4.13.